The molecule has 1 N–H and O–H groups in total. The molecule has 1 aliphatic heterocycles. The molecule has 0 aromatic heterocycles. The number of Topliss-reactive ketones (excluding diaryl/α,β-unsaturated/α-hetero) is 1. The molecule has 0 aliphatic carbocycles. The lowest BCUT2D eigenvalue weighted by atomic mass is 9.82. The maximum absolute atomic E-state index is 12.3. The van der Waals surface area contributed by atoms with Crippen LogP contribution in [0.5, 0.6) is 0 Å². The number of amides is 1. The summed E-state index contributed by atoms with van der Waals surface area (Å²) in [7, 11) is 0. The van der Waals surface area contributed by atoms with Crippen LogP contribution in [0.3, 0.4) is 0 Å². The van der Waals surface area contributed by atoms with Crippen molar-refractivity contribution in [3.05, 3.63) is 0 Å². The molecule has 1 aliphatic rings. The summed E-state index contributed by atoms with van der Waals surface area (Å²) in [6, 6.07) is 0. The average Bonchev–Trinajstić information content (AvgIpc) is 2.80. The van der Waals surface area contributed by atoms with Crippen LogP contribution in [0.15, 0.2) is 5.16 Å². The van der Waals surface area contributed by atoms with Gasteiger partial charge in [0, 0.05) is 6.92 Å². The smallest absolute Gasteiger partial charge is 0.329 e. The van der Waals surface area contributed by atoms with E-state index in [0.717, 1.165) is 19.3 Å². The quantitative estimate of drug-likeness (QED) is 0.380. The predicted molar refractivity (Wildman–Crippen MR) is 87.9 cm³/mol. The molecule has 1 unspecified atom stereocenters. The first-order chi connectivity index (χ1) is 10.8. The van der Waals surface area contributed by atoms with Crippen molar-refractivity contribution in [3.63, 3.8) is 0 Å². The molecule has 0 fully saturated rings. The number of unbranched alkanes of at least 4 members (excludes halogenated alkanes) is 5. The monoisotopic (exact) mass is 324 g/mol. The number of hydrogen-bond acceptors (Lipinski definition) is 5. The first-order valence-corrected chi connectivity index (χ1v) is 8.48. The average molecular weight is 324 g/mol. The van der Waals surface area contributed by atoms with E-state index in [1.54, 1.807) is 0 Å². The molecule has 1 amide bonds. The summed E-state index contributed by atoms with van der Waals surface area (Å²) in [5.41, 5.74) is -0.799. The van der Waals surface area contributed by atoms with E-state index in [4.69, 9.17) is 4.84 Å². The minimum Gasteiger partial charge on any atom is -0.329 e. The molecular formula is C17H28N2O4. The minimum absolute atomic E-state index is 0.0613. The van der Waals surface area contributed by atoms with Crippen LogP contribution < -0.4 is 5.32 Å². The van der Waals surface area contributed by atoms with Crippen molar-refractivity contribution in [3.8, 4) is 0 Å². The van der Waals surface area contributed by atoms with Crippen LogP contribution in [0.4, 0.5) is 0 Å². The van der Waals surface area contributed by atoms with Crippen molar-refractivity contribution in [2.24, 2.45) is 11.1 Å². The number of nitrogens with one attached hydrogen (secondary N) is 1. The second kappa shape index (κ2) is 8.79. The molecule has 6 heteroatoms. The molecule has 0 saturated carbocycles. The number of rotatable bonds is 10. The highest BCUT2D eigenvalue weighted by Crippen LogP contribution is 2.28. The van der Waals surface area contributed by atoms with E-state index >= 15 is 0 Å². The van der Waals surface area contributed by atoms with Crippen molar-refractivity contribution < 1.29 is 19.2 Å². The lowest BCUT2D eigenvalue weighted by Crippen LogP contribution is -2.60. The van der Waals surface area contributed by atoms with Crippen LogP contribution in [0, 0.1) is 5.92 Å². The maximum atomic E-state index is 12.3. The maximum Gasteiger partial charge on any atom is 0.366 e. The highest BCUT2D eigenvalue weighted by molar-refractivity contribution is 6.37. The van der Waals surface area contributed by atoms with Crippen LogP contribution >= 0.6 is 0 Å². The van der Waals surface area contributed by atoms with Crippen molar-refractivity contribution in [1.82, 2.24) is 5.32 Å². The Balaban J connectivity index is 2.81. The van der Waals surface area contributed by atoms with E-state index in [2.05, 4.69) is 17.4 Å². The van der Waals surface area contributed by atoms with Gasteiger partial charge in [-0.2, -0.15) is 0 Å². The van der Waals surface area contributed by atoms with Gasteiger partial charge in [-0.25, -0.2) is 4.79 Å². The first-order valence-electron chi connectivity index (χ1n) is 8.48. The summed E-state index contributed by atoms with van der Waals surface area (Å²) >= 11 is 0. The number of nitrogens with zero attached hydrogens (tertiary/aromatic N) is 1. The van der Waals surface area contributed by atoms with Crippen LogP contribution in [0.25, 0.3) is 0 Å². The second-order valence-corrected chi connectivity index (χ2v) is 6.44. The van der Waals surface area contributed by atoms with Crippen LogP contribution in [0.2, 0.25) is 0 Å². The van der Waals surface area contributed by atoms with Gasteiger partial charge in [0.25, 0.3) is 5.91 Å². The lowest BCUT2D eigenvalue weighted by molar-refractivity contribution is -0.148. The number of hydrogen-bond donors (Lipinski definition) is 1. The minimum atomic E-state index is -1.29. The van der Waals surface area contributed by atoms with E-state index in [9.17, 15) is 14.4 Å². The largest absolute Gasteiger partial charge is 0.366 e. The molecule has 23 heavy (non-hydrogen) atoms. The van der Waals surface area contributed by atoms with Crippen LogP contribution in [0.1, 0.15) is 72.6 Å². The van der Waals surface area contributed by atoms with Gasteiger partial charge in [0.1, 0.15) is 0 Å². The highest BCUT2D eigenvalue weighted by atomic mass is 16.7. The molecule has 1 atom stereocenters. The highest BCUT2D eigenvalue weighted by Gasteiger charge is 2.51. The topological polar surface area (TPSA) is 84.8 Å². The zero-order valence-corrected chi connectivity index (χ0v) is 14.6. The summed E-state index contributed by atoms with van der Waals surface area (Å²) in [5, 5.41) is 6.43. The van der Waals surface area contributed by atoms with Crippen molar-refractivity contribution in [2.45, 2.75) is 78.2 Å². The molecule has 0 saturated heterocycles. The third-order valence-corrected chi connectivity index (χ3v) is 4.11. The van der Waals surface area contributed by atoms with Gasteiger partial charge in [0.2, 0.25) is 5.78 Å². The molecule has 0 radical (unpaired) electrons. The standard InChI is InChI=1S/C17H28N2O4/c1-5-6-7-8-9-10-11-17(18-15(21)13(4)20)14(12(2)3)19-23-16(17)22/h12H,5-11H2,1-4H3,(H,18,21). The zero-order valence-electron chi connectivity index (χ0n) is 14.6. The Morgan fingerprint density at radius 1 is 1.17 bits per heavy atom. The number of carbonyl (C=O) groups excluding carboxylic acids is 3. The second-order valence-electron chi connectivity index (χ2n) is 6.44. The molecule has 0 aromatic carbocycles. The van der Waals surface area contributed by atoms with E-state index in [0.29, 0.717) is 12.1 Å². The van der Waals surface area contributed by atoms with Gasteiger partial charge < -0.3 is 10.2 Å². The van der Waals surface area contributed by atoms with E-state index in [1.807, 2.05) is 13.8 Å². The van der Waals surface area contributed by atoms with Crippen molar-refractivity contribution in [2.75, 3.05) is 0 Å². The fourth-order valence-electron chi connectivity index (χ4n) is 2.81. The van der Waals surface area contributed by atoms with Crippen molar-refractivity contribution in [1.29, 1.82) is 0 Å². The normalized spacial score (nSPS) is 20.4. The fraction of sp³-hybridized carbons (Fsp3) is 0.765. The third kappa shape index (κ3) is 4.88. The zero-order chi connectivity index (χ0) is 17.5. The van der Waals surface area contributed by atoms with E-state index in [1.165, 1.54) is 26.2 Å². The molecule has 0 aromatic rings. The molecule has 1 rings (SSSR count). The molecule has 130 valence electrons. The molecule has 0 spiro atoms. The summed E-state index contributed by atoms with van der Waals surface area (Å²) in [6.45, 7) is 7.11. The molecule has 6 nitrogen and oxygen atoms in total. The fourth-order valence-corrected chi connectivity index (χ4v) is 2.81. The van der Waals surface area contributed by atoms with Gasteiger partial charge in [-0.15, -0.1) is 0 Å². The Morgan fingerprint density at radius 2 is 1.78 bits per heavy atom. The molecule has 1 heterocycles. The van der Waals surface area contributed by atoms with Gasteiger partial charge in [-0.1, -0.05) is 64.5 Å². The Hall–Kier alpha value is -1.72. The first kappa shape index (κ1) is 19.3. The Bertz CT molecular complexity index is 485. The molecular weight excluding hydrogens is 296 g/mol. The lowest BCUT2D eigenvalue weighted by Gasteiger charge is -2.28. The summed E-state index contributed by atoms with van der Waals surface area (Å²) in [6.07, 6.45) is 6.78. The third-order valence-electron chi connectivity index (χ3n) is 4.11. The summed E-state index contributed by atoms with van der Waals surface area (Å²) < 4.78 is 0. The van der Waals surface area contributed by atoms with Crippen LogP contribution in [-0.2, 0) is 19.2 Å². The molecule has 0 bridgehead atoms. The number of ketones is 1. The number of carbonyl (C=O) groups is 3. The van der Waals surface area contributed by atoms with Gasteiger partial charge in [-0.3, -0.25) is 9.59 Å². The van der Waals surface area contributed by atoms with Crippen LogP contribution in [-0.4, -0.2) is 28.9 Å². The van der Waals surface area contributed by atoms with E-state index in [-0.39, 0.29) is 5.92 Å². The van der Waals surface area contributed by atoms with Gasteiger partial charge in [0.15, 0.2) is 5.54 Å². The van der Waals surface area contributed by atoms with Gasteiger partial charge >= 0.3 is 5.97 Å². The van der Waals surface area contributed by atoms with Crippen molar-refractivity contribution >= 4 is 23.4 Å². The predicted octanol–water partition coefficient (Wildman–Crippen LogP) is 2.75. The number of oxime groups is 1. The SMILES string of the molecule is CCCCCCCCC1(NC(=O)C(C)=O)C(=O)ON=C1C(C)C. The Kier molecular flexibility index (Phi) is 7.39. The Morgan fingerprint density at radius 3 is 2.35 bits per heavy atom. The summed E-state index contributed by atoms with van der Waals surface area (Å²) in [5.74, 6) is -2.06. The van der Waals surface area contributed by atoms with E-state index < -0.39 is 23.2 Å². The Labute approximate surface area is 138 Å². The van der Waals surface area contributed by atoms with Gasteiger partial charge in [0.05, 0.1) is 5.71 Å². The summed E-state index contributed by atoms with van der Waals surface area (Å²) in [4.78, 5) is 40.3. The van der Waals surface area contributed by atoms with Gasteiger partial charge in [-0.05, 0) is 12.3 Å².